The summed E-state index contributed by atoms with van der Waals surface area (Å²) in [5, 5.41) is 3.23. The number of benzene rings is 1. The SMILES string of the molecule is COCc1cccc(NC(=O)c2cc(Cl)ncc2Cl)c1. The van der Waals surface area contributed by atoms with Crippen LogP contribution in [0.25, 0.3) is 0 Å². The molecule has 0 unspecified atom stereocenters. The molecule has 104 valence electrons. The molecule has 0 bridgehead atoms. The highest BCUT2D eigenvalue weighted by Gasteiger charge is 2.12. The number of anilines is 1. The van der Waals surface area contributed by atoms with E-state index < -0.39 is 0 Å². The molecule has 6 heteroatoms. The molecule has 0 aliphatic carbocycles. The van der Waals surface area contributed by atoms with Crippen molar-refractivity contribution in [2.24, 2.45) is 0 Å². The highest BCUT2D eigenvalue weighted by Crippen LogP contribution is 2.20. The Balaban J connectivity index is 2.19. The molecular formula is C14H12Cl2N2O2. The second kappa shape index (κ2) is 6.70. The minimum atomic E-state index is -0.339. The van der Waals surface area contributed by atoms with Crippen LogP contribution < -0.4 is 5.32 Å². The van der Waals surface area contributed by atoms with Gasteiger partial charge in [-0.25, -0.2) is 4.98 Å². The summed E-state index contributed by atoms with van der Waals surface area (Å²) in [5.74, 6) is -0.339. The lowest BCUT2D eigenvalue weighted by atomic mass is 10.2. The molecule has 0 radical (unpaired) electrons. The van der Waals surface area contributed by atoms with E-state index in [1.54, 1.807) is 13.2 Å². The monoisotopic (exact) mass is 310 g/mol. The molecule has 1 aromatic heterocycles. The van der Waals surface area contributed by atoms with Crippen molar-refractivity contribution in [2.45, 2.75) is 6.61 Å². The van der Waals surface area contributed by atoms with Gasteiger partial charge in [0, 0.05) is 19.0 Å². The van der Waals surface area contributed by atoms with Crippen LogP contribution in [-0.2, 0) is 11.3 Å². The number of aromatic nitrogens is 1. The van der Waals surface area contributed by atoms with E-state index in [0.29, 0.717) is 12.3 Å². The van der Waals surface area contributed by atoms with Crippen molar-refractivity contribution in [2.75, 3.05) is 12.4 Å². The fourth-order valence-electron chi connectivity index (χ4n) is 1.69. The number of halogens is 2. The summed E-state index contributed by atoms with van der Waals surface area (Å²) in [6.07, 6.45) is 1.35. The number of hydrogen-bond donors (Lipinski definition) is 1. The highest BCUT2D eigenvalue weighted by molar-refractivity contribution is 6.35. The third-order valence-electron chi connectivity index (χ3n) is 2.56. The van der Waals surface area contributed by atoms with E-state index in [0.717, 1.165) is 5.56 Å². The second-order valence-electron chi connectivity index (χ2n) is 4.07. The zero-order valence-electron chi connectivity index (χ0n) is 10.7. The van der Waals surface area contributed by atoms with Crippen molar-refractivity contribution in [1.82, 2.24) is 4.98 Å². The largest absolute Gasteiger partial charge is 0.380 e. The van der Waals surface area contributed by atoms with Crippen molar-refractivity contribution < 1.29 is 9.53 Å². The summed E-state index contributed by atoms with van der Waals surface area (Å²) in [6, 6.07) is 8.80. The van der Waals surface area contributed by atoms with Crippen LogP contribution in [-0.4, -0.2) is 18.0 Å². The first-order valence-electron chi connectivity index (χ1n) is 5.80. The van der Waals surface area contributed by atoms with Crippen molar-refractivity contribution in [3.8, 4) is 0 Å². The number of methoxy groups -OCH3 is 1. The molecule has 4 nitrogen and oxygen atoms in total. The van der Waals surface area contributed by atoms with Crippen LogP contribution >= 0.6 is 23.2 Å². The Bertz CT molecular complexity index is 632. The van der Waals surface area contributed by atoms with Crippen LogP contribution in [0.2, 0.25) is 10.2 Å². The highest BCUT2D eigenvalue weighted by atomic mass is 35.5. The van der Waals surface area contributed by atoms with Gasteiger partial charge < -0.3 is 10.1 Å². The lowest BCUT2D eigenvalue weighted by molar-refractivity contribution is 0.102. The van der Waals surface area contributed by atoms with Crippen LogP contribution in [0.15, 0.2) is 36.5 Å². The van der Waals surface area contributed by atoms with Gasteiger partial charge in [0.15, 0.2) is 0 Å². The Morgan fingerprint density at radius 3 is 2.90 bits per heavy atom. The van der Waals surface area contributed by atoms with Gasteiger partial charge in [0.05, 0.1) is 17.2 Å². The second-order valence-corrected chi connectivity index (χ2v) is 4.87. The molecule has 0 fully saturated rings. The smallest absolute Gasteiger partial charge is 0.257 e. The summed E-state index contributed by atoms with van der Waals surface area (Å²) >= 11 is 11.7. The van der Waals surface area contributed by atoms with E-state index in [9.17, 15) is 4.79 Å². The van der Waals surface area contributed by atoms with Crippen LogP contribution in [0.5, 0.6) is 0 Å². The number of nitrogens with zero attached hydrogens (tertiary/aromatic N) is 1. The molecule has 1 aromatic carbocycles. The van der Waals surface area contributed by atoms with Crippen LogP contribution in [0, 0.1) is 0 Å². The fourth-order valence-corrected chi connectivity index (χ4v) is 2.04. The predicted molar refractivity (Wildman–Crippen MR) is 79.4 cm³/mol. The van der Waals surface area contributed by atoms with Gasteiger partial charge in [0.1, 0.15) is 5.15 Å². The lowest BCUT2D eigenvalue weighted by Crippen LogP contribution is -2.13. The Labute approximate surface area is 126 Å². The van der Waals surface area contributed by atoms with Crippen LogP contribution in [0.3, 0.4) is 0 Å². The molecule has 2 aromatic rings. The Morgan fingerprint density at radius 2 is 2.15 bits per heavy atom. The average molecular weight is 311 g/mol. The third kappa shape index (κ3) is 3.70. The van der Waals surface area contributed by atoms with Crippen molar-refractivity contribution in [3.63, 3.8) is 0 Å². The molecule has 1 N–H and O–H groups in total. The predicted octanol–water partition coefficient (Wildman–Crippen LogP) is 3.79. The molecule has 0 aliphatic heterocycles. The number of carbonyl (C=O) groups is 1. The van der Waals surface area contributed by atoms with Crippen LogP contribution in [0.4, 0.5) is 5.69 Å². The molecule has 20 heavy (non-hydrogen) atoms. The Morgan fingerprint density at radius 1 is 1.35 bits per heavy atom. The van der Waals surface area contributed by atoms with Crippen molar-refractivity contribution >= 4 is 34.8 Å². The number of ether oxygens (including phenoxy) is 1. The van der Waals surface area contributed by atoms with Gasteiger partial charge in [-0.05, 0) is 23.8 Å². The van der Waals surface area contributed by atoms with E-state index in [1.807, 2.05) is 18.2 Å². The zero-order valence-corrected chi connectivity index (χ0v) is 12.2. The molecule has 1 heterocycles. The molecule has 0 saturated carbocycles. The molecule has 0 atom stereocenters. The molecule has 0 aliphatic rings. The topological polar surface area (TPSA) is 51.2 Å². The lowest BCUT2D eigenvalue weighted by Gasteiger charge is -2.08. The molecule has 0 spiro atoms. The van der Waals surface area contributed by atoms with Gasteiger partial charge in [-0.2, -0.15) is 0 Å². The standard InChI is InChI=1S/C14H12Cl2N2O2/c1-20-8-9-3-2-4-10(5-9)18-14(19)11-6-13(16)17-7-12(11)15/h2-7H,8H2,1H3,(H,18,19). The number of amides is 1. The summed E-state index contributed by atoms with van der Waals surface area (Å²) < 4.78 is 5.05. The van der Waals surface area contributed by atoms with E-state index in [4.69, 9.17) is 27.9 Å². The minimum Gasteiger partial charge on any atom is -0.380 e. The zero-order chi connectivity index (χ0) is 14.5. The summed E-state index contributed by atoms with van der Waals surface area (Å²) in [4.78, 5) is 15.9. The van der Waals surface area contributed by atoms with Gasteiger partial charge in [0.2, 0.25) is 0 Å². The van der Waals surface area contributed by atoms with Gasteiger partial charge in [-0.1, -0.05) is 35.3 Å². The Kier molecular flexibility index (Phi) is 4.95. The number of rotatable bonds is 4. The first-order valence-corrected chi connectivity index (χ1v) is 6.56. The molecular weight excluding hydrogens is 299 g/mol. The maximum absolute atomic E-state index is 12.1. The minimum absolute atomic E-state index is 0.215. The summed E-state index contributed by atoms with van der Waals surface area (Å²) in [7, 11) is 1.62. The maximum atomic E-state index is 12.1. The maximum Gasteiger partial charge on any atom is 0.257 e. The summed E-state index contributed by atoms with van der Waals surface area (Å²) in [6.45, 7) is 0.478. The van der Waals surface area contributed by atoms with E-state index in [-0.39, 0.29) is 21.6 Å². The van der Waals surface area contributed by atoms with Gasteiger partial charge >= 0.3 is 0 Å². The summed E-state index contributed by atoms with van der Waals surface area (Å²) in [5.41, 5.74) is 1.90. The third-order valence-corrected chi connectivity index (χ3v) is 3.07. The number of carbonyl (C=O) groups excluding carboxylic acids is 1. The van der Waals surface area contributed by atoms with E-state index in [2.05, 4.69) is 10.3 Å². The van der Waals surface area contributed by atoms with Crippen molar-refractivity contribution in [1.29, 1.82) is 0 Å². The Hall–Kier alpha value is -1.62. The number of nitrogens with one attached hydrogen (secondary N) is 1. The van der Waals surface area contributed by atoms with Gasteiger partial charge in [-0.15, -0.1) is 0 Å². The normalized spacial score (nSPS) is 10.3. The number of hydrogen-bond acceptors (Lipinski definition) is 3. The molecule has 1 amide bonds. The van der Waals surface area contributed by atoms with Gasteiger partial charge in [0.25, 0.3) is 5.91 Å². The number of pyridine rings is 1. The van der Waals surface area contributed by atoms with E-state index >= 15 is 0 Å². The first-order chi connectivity index (χ1) is 9.60. The van der Waals surface area contributed by atoms with Crippen LogP contribution in [0.1, 0.15) is 15.9 Å². The fraction of sp³-hybridized carbons (Fsp3) is 0.143. The first kappa shape index (κ1) is 14.8. The van der Waals surface area contributed by atoms with E-state index in [1.165, 1.54) is 12.3 Å². The van der Waals surface area contributed by atoms with Crippen molar-refractivity contribution in [3.05, 3.63) is 57.8 Å². The van der Waals surface area contributed by atoms with Gasteiger partial charge in [-0.3, -0.25) is 4.79 Å². The average Bonchev–Trinajstić information content (AvgIpc) is 2.42. The molecule has 2 rings (SSSR count). The molecule has 0 saturated heterocycles. The quantitative estimate of drug-likeness (QED) is 0.874.